The first-order valence-electron chi connectivity index (χ1n) is 6.56. The summed E-state index contributed by atoms with van der Waals surface area (Å²) in [6.45, 7) is 3.17. The number of benzene rings is 1. The number of halogens is 1. The number of hydrogen-bond donors (Lipinski definition) is 1. The van der Waals surface area contributed by atoms with E-state index in [1.54, 1.807) is 0 Å². The zero-order valence-electron chi connectivity index (χ0n) is 10.8. The first kappa shape index (κ1) is 12.6. The summed E-state index contributed by atoms with van der Waals surface area (Å²) in [4.78, 5) is 4.51. The molecule has 0 amide bonds. The van der Waals surface area contributed by atoms with Crippen LogP contribution >= 0.6 is 11.6 Å². The highest BCUT2D eigenvalue weighted by Gasteiger charge is 2.25. The largest absolute Gasteiger partial charge is 0.339 e. The van der Waals surface area contributed by atoms with Crippen LogP contribution in [0, 0.1) is 0 Å². The van der Waals surface area contributed by atoms with Gasteiger partial charge in [-0.25, -0.2) is 0 Å². The van der Waals surface area contributed by atoms with Gasteiger partial charge in [0.15, 0.2) is 0 Å². The molecule has 1 aliphatic rings. The summed E-state index contributed by atoms with van der Waals surface area (Å²) in [6, 6.07) is 8.04. The maximum atomic E-state index is 6.15. The van der Waals surface area contributed by atoms with Crippen LogP contribution in [0.4, 0.5) is 0 Å². The van der Waals surface area contributed by atoms with Crippen molar-refractivity contribution in [2.45, 2.75) is 31.7 Å². The number of nitrogens with zero attached hydrogens (tertiary/aromatic N) is 2. The van der Waals surface area contributed by atoms with Crippen molar-refractivity contribution in [2.75, 3.05) is 6.54 Å². The van der Waals surface area contributed by atoms with Gasteiger partial charge in [-0.05, 0) is 38.4 Å². The van der Waals surface area contributed by atoms with E-state index in [-0.39, 0.29) is 0 Å². The molecule has 1 saturated heterocycles. The molecule has 0 aliphatic carbocycles. The molecular formula is C14H16ClN3O. The van der Waals surface area contributed by atoms with Gasteiger partial charge in [0.25, 0.3) is 0 Å². The molecular weight excluding hydrogens is 262 g/mol. The topological polar surface area (TPSA) is 51.0 Å². The standard InChI is InChI=1S/C14H16ClN3O/c1-9-8-10(6-7-16-9)14-17-13(18-19-14)11-4-2-3-5-12(11)15/h2-5,9-10,16H,6-8H2,1H3. The van der Waals surface area contributed by atoms with Gasteiger partial charge >= 0.3 is 0 Å². The van der Waals surface area contributed by atoms with E-state index in [0.29, 0.717) is 22.8 Å². The van der Waals surface area contributed by atoms with E-state index < -0.39 is 0 Å². The smallest absolute Gasteiger partial charge is 0.230 e. The van der Waals surface area contributed by atoms with Gasteiger partial charge in [0.2, 0.25) is 11.7 Å². The fourth-order valence-electron chi connectivity index (χ4n) is 2.51. The lowest BCUT2D eigenvalue weighted by atomic mass is 9.93. The third-order valence-corrected chi connectivity index (χ3v) is 3.86. The van der Waals surface area contributed by atoms with Crippen molar-refractivity contribution in [3.05, 3.63) is 35.2 Å². The normalized spacial score (nSPS) is 23.5. The Labute approximate surface area is 117 Å². The summed E-state index contributed by atoms with van der Waals surface area (Å²) in [5, 5.41) is 8.12. The van der Waals surface area contributed by atoms with E-state index in [1.807, 2.05) is 24.3 Å². The molecule has 100 valence electrons. The Morgan fingerprint density at radius 3 is 3.00 bits per heavy atom. The molecule has 2 unspecified atom stereocenters. The van der Waals surface area contributed by atoms with E-state index in [1.165, 1.54) is 0 Å². The SMILES string of the molecule is CC1CC(c2nc(-c3ccccc3Cl)no2)CCN1. The second-order valence-electron chi connectivity index (χ2n) is 5.01. The molecule has 2 heterocycles. The maximum absolute atomic E-state index is 6.15. The number of hydrogen-bond acceptors (Lipinski definition) is 4. The van der Waals surface area contributed by atoms with Gasteiger partial charge in [-0.15, -0.1) is 0 Å². The van der Waals surface area contributed by atoms with Crippen LogP contribution in [0.25, 0.3) is 11.4 Å². The Hall–Kier alpha value is -1.39. The molecule has 2 atom stereocenters. The third kappa shape index (κ3) is 2.65. The van der Waals surface area contributed by atoms with E-state index >= 15 is 0 Å². The maximum Gasteiger partial charge on any atom is 0.230 e. The minimum Gasteiger partial charge on any atom is -0.339 e. The molecule has 1 aliphatic heterocycles. The van der Waals surface area contributed by atoms with Crippen LogP contribution in [0.1, 0.15) is 31.6 Å². The third-order valence-electron chi connectivity index (χ3n) is 3.53. The summed E-state index contributed by atoms with van der Waals surface area (Å²) in [5.74, 6) is 1.65. The Bertz CT molecular complexity index is 569. The van der Waals surface area contributed by atoms with E-state index in [0.717, 1.165) is 30.8 Å². The average Bonchev–Trinajstić information content (AvgIpc) is 2.89. The van der Waals surface area contributed by atoms with Crippen LogP contribution in [0.5, 0.6) is 0 Å². The molecule has 19 heavy (non-hydrogen) atoms. The minimum atomic E-state index is 0.347. The molecule has 1 N–H and O–H groups in total. The van der Waals surface area contributed by atoms with Crippen molar-refractivity contribution in [3.8, 4) is 11.4 Å². The second-order valence-corrected chi connectivity index (χ2v) is 5.42. The molecule has 1 aromatic heterocycles. The summed E-state index contributed by atoms with van der Waals surface area (Å²) >= 11 is 6.15. The van der Waals surface area contributed by atoms with Crippen LogP contribution in [0.2, 0.25) is 5.02 Å². The lowest BCUT2D eigenvalue weighted by Gasteiger charge is -2.25. The van der Waals surface area contributed by atoms with Crippen LogP contribution < -0.4 is 5.32 Å². The highest BCUT2D eigenvalue weighted by Crippen LogP contribution is 2.30. The van der Waals surface area contributed by atoms with Gasteiger partial charge in [0.1, 0.15) is 0 Å². The number of rotatable bonds is 2. The van der Waals surface area contributed by atoms with Crippen molar-refractivity contribution in [2.24, 2.45) is 0 Å². The fourth-order valence-corrected chi connectivity index (χ4v) is 2.73. The molecule has 3 rings (SSSR count). The first-order chi connectivity index (χ1) is 9.24. The Morgan fingerprint density at radius 1 is 1.37 bits per heavy atom. The van der Waals surface area contributed by atoms with Gasteiger partial charge in [-0.2, -0.15) is 4.98 Å². The van der Waals surface area contributed by atoms with E-state index in [9.17, 15) is 0 Å². The Balaban J connectivity index is 1.85. The van der Waals surface area contributed by atoms with E-state index in [4.69, 9.17) is 16.1 Å². The van der Waals surface area contributed by atoms with Crippen LogP contribution in [0.15, 0.2) is 28.8 Å². The van der Waals surface area contributed by atoms with E-state index in [2.05, 4.69) is 22.4 Å². The van der Waals surface area contributed by atoms with Gasteiger partial charge < -0.3 is 9.84 Å². The fraction of sp³-hybridized carbons (Fsp3) is 0.429. The van der Waals surface area contributed by atoms with Crippen molar-refractivity contribution in [1.29, 1.82) is 0 Å². The lowest BCUT2D eigenvalue weighted by molar-refractivity contribution is 0.295. The summed E-state index contributed by atoms with van der Waals surface area (Å²) in [6.07, 6.45) is 2.07. The summed E-state index contributed by atoms with van der Waals surface area (Å²) in [7, 11) is 0. The number of nitrogens with one attached hydrogen (secondary N) is 1. The minimum absolute atomic E-state index is 0.347. The molecule has 5 heteroatoms. The van der Waals surface area contributed by atoms with Gasteiger partial charge in [0.05, 0.1) is 5.02 Å². The van der Waals surface area contributed by atoms with Crippen LogP contribution in [0.3, 0.4) is 0 Å². The molecule has 4 nitrogen and oxygen atoms in total. The van der Waals surface area contributed by atoms with Crippen LogP contribution in [-0.4, -0.2) is 22.7 Å². The second kappa shape index (κ2) is 5.31. The monoisotopic (exact) mass is 277 g/mol. The van der Waals surface area contributed by atoms with Gasteiger partial charge in [0, 0.05) is 17.5 Å². The Morgan fingerprint density at radius 2 is 2.21 bits per heavy atom. The summed E-state index contributed by atoms with van der Waals surface area (Å²) in [5.41, 5.74) is 0.821. The average molecular weight is 278 g/mol. The molecule has 0 bridgehead atoms. The lowest BCUT2D eigenvalue weighted by Crippen LogP contribution is -2.34. The molecule has 0 radical (unpaired) electrons. The molecule has 0 spiro atoms. The van der Waals surface area contributed by atoms with Gasteiger partial charge in [-0.1, -0.05) is 28.9 Å². The summed E-state index contributed by atoms with van der Waals surface area (Å²) < 4.78 is 5.41. The Kier molecular flexibility index (Phi) is 3.53. The quantitative estimate of drug-likeness (QED) is 0.915. The highest BCUT2D eigenvalue weighted by atomic mass is 35.5. The van der Waals surface area contributed by atoms with Gasteiger partial charge in [-0.3, -0.25) is 0 Å². The predicted octanol–water partition coefficient (Wildman–Crippen LogP) is 3.25. The van der Waals surface area contributed by atoms with Crippen molar-refractivity contribution >= 4 is 11.6 Å². The molecule has 1 fully saturated rings. The van der Waals surface area contributed by atoms with Crippen molar-refractivity contribution in [1.82, 2.24) is 15.5 Å². The zero-order valence-corrected chi connectivity index (χ0v) is 11.5. The molecule has 2 aromatic rings. The van der Waals surface area contributed by atoms with Crippen molar-refractivity contribution in [3.63, 3.8) is 0 Å². The van der Waals surface area contributed by atoms with Crippen molar-refractivity contribution < 1.29 is 4.52 Å². The molecule has 1 aromatic carbocycles. The predicted molar refractivity (Wildman–Crippen MR) is 74.2 cm³/mol. The zero-order chi connectivity index (χ0) is 13.2. The first-order valence-corrected chi connectivity index (χ1v) is 6.93. The molecule has 0 saturated carbocycles. The van der Waals surface area contributed by atoms with Crippen LogP contribution in [-0.2, 0) is 0 Å². The highest BCUT2D eigenvalue weighted by molar-refractivity contribution is 6.33. The number of piperidine rings is 1. The number of aromatic nitrogens is 2.